The Labute approximate surface area is 131 Å². The van der Waals surface area contributed by atoms with Crippen molar-refractivity contribution < 1.29 is 9.32 Å². The highest BCUT2D eigenvalue weighted by Gasteiger charge is 2.31. The lowest BCUT2D eigenvalue weighted by Gasteiger charge is -2.20. The predicted octanol–water partition coefficient (Wildman–Crippen LogP) is 1.52. The van der Waals surface area contributed by atoms with Crippen LogP contribution < -0.4 is 5.32 Å². The molecule has 7 heteroatoms. The molecule has 2 saturated heterocycles. The lowest BCUT2D eigenvalue weighted by Crippen LogP contribution is -2.34. The molecule has 0 radical (unpaired) electrons. The first-order valence-electron chi connectivity index (χ1n) is 6.70. The summed E-state index contributed by atoms with van der Waals surface area (Å²) in [5.74, 6) is 1.70. The summed E-state index contributed by atoms with van der Waals surface area (Å²) in [6, 6.07) is 1.76. The highest BCUT2D eigenvalue weighted by atomic mass is 35.5. The van der Waals surface area contributed by atoms with Gasteiger partial charge in [0.2, 0.25) is 5.91 Å². The first-order chi connectivity index (χ1) is 8.83. The van der Waals surface area contributed by atoms with Gasteiger partial charge in [-0.2, -0.15) is 0 Å². The molecule has 1 aromatic heterocycles. The zero-order valence-corrected chi connectivity index (χ0v) is 12.9. The Morgan fingerprint density at radius 1 is 1.30 bits per heavy atom. The third kappa shape index (κ3) is 3.87. The number of likely N-dealkylation sites (tertiary alicyclic amines) is 1. The number of fused-ring (bicyclic) bond motifs is 1. The van der Waals surface area contributed by atoms with Crippen LogP contribution in [0.4, 0.5) is 0 Å². The minimum absolute atomic E-state index is 0. The minimum atomic E-state index is 0. The molecule has 2 atom stereocenters. The predicted molar refractivity (Wildman–Crippen MR) is 80.4 cm³/mol. The molecule has 0 spiro atoms. The average Bonchev–Trinajstić information content (AvgIpc) is 2.98. The van der Waals surface area contributed by atoms with Gasteiger partial charge in [0.05, 0.1) is 12.1 Å². The Bertz CT molecular complexity index is 400. The van der Waals surface area contributed by atoms with Gasteiger partial charge in [-0.15, -0.1) is 24.8 Å². The summed E-state index contributed by atoms with van der Waals surface area (Å²) in [5.41, 5.74) is 0.728. The molecule has 1 aromatic rings. The third-order valence-electron chi connectivity index (χ3n) is 4.20. The minimum Gasteiger partial charge on any atom is -0.364 e. The van der Waals surface area contributed by atoms with Crippen LogP contribution in [-0.2, 0) is 11.2 Å². The summed E-state index contributed by atoms with van der Waals surface area (Å²) in [5, 5.41) is 7.25. The highest BCUT2D eigenvalue weighted by Crippen LogP contribution is 2.27. The van der Waals surface area contributed by atoms with Crippen LogP contribution in [0.2, 0.25) is 0 Å². The molecule has 2 aliphatic rings. The second kappa shape index (κ2) is 7.86. The molecule has 114 valence electrons. The fourth-order valence-electron chi connectivity index (χ4n) is 3.06. The highest BCUT2D eigenvalue weighted by molar-refractivity contribution is 5.85. The third-order valence-corrected chi connectivity index (χ3v) is 4.20. The van der Waals surface area contributed by atoms with Gasteiger partial charge < -0.3 is 14.7 Å². The lowest BCUT2D eigenvalue weighted by atomic mass is 9.92. The van der Waals surface area contributed by atoms with Gasteiger partial charge in [0.25, 0.3) is 0 Å². The van der Waals surface area contributed by atoms with Gasteiger partial charge >= 0.3 is 0 Å². The number of nitrogens with one attached hydrogen (secondary N) is 1. The Morgan fingerprint density at radius 3 is 2.50 bits per heavy atom. The van der Waals surface area contributed by atoms with Crippen molar-refractivity contribution in [3.05, 3.63) is 18.0 Å². The Balaban J connectivity index is 0.000001000. The molecule has 3 heterocycles. The van der Waals surface area contributed by atoms with Crippen molar-refractivity contribution in [2.45, 2.75) is 19.3 Å². The molecule has 0 aliphatic carbocycles. The van der Waals surface area contributed by atoms with E-state index in [1.165, 1.54) is 6.26 Å². The first-order valence-corrected chi connectivity index (χ1v) is 6.70. The summed E-state index contributed by atoms with van der Waals surface area (Å²) in [4.78, 5) is 14.2. The number of halogens is 2. The van der Waals surface area contributed by atoms with E-state index in [1.54, 1.807) is 6.07 Å². The van der Waals surface area contributed by atoms with Gasteiger partial charge in [-0.25, -0.2) is 0 Å². The summed E-state index contributed by atoms with van der Waals surface area (Å²) in [7, 11) is 0. The lowest BCUT2D eigenvalue weighted by molar-refractivity contribution is -0.130. The van der Waals surface area contributed by atoms with Crippen LogP contribution in [0.3, 0.4) is 0 Å². The van der Waals surface area contributed by atoms with Crippen LogP contribution in [0.1, 0.15) is 18.5 Å². The molecule has 3 rings (SSSR count). The number of aromatic nitrogens is 1. The molecule has 0 saturated carbocycles. The Kier molecular flexibility index (Phi) is 6.79. The quantitative estimate of drug-likeness (QED) is 0.897. The topological polar surface area (TPSA) is 58.4 Å². The van der Waals surface area contributed by atoms with E-state index in [0.717, 1.165) is 56.6 Å². The molecule has 0 unspecified atom stereocenters. The van der Waals surface area contributed by atoms with Gasteiger partial charge in [0.1, 0.15) is 6.26 Å². The number of carbonyl (C=O) groups is 1. The van der Waals surface area contributed by atoms with Crippen molar-refractivity contribution in [3.63, 3.8) is 0 Å². The van der Waals surface area contributed by atoms with Crippen molar-refractivity contribution in [1.29, 1.82) is 0 Å². The number of rotatable bonds is 2. The molecule has 0 bridgehead atoms. The molecule has 5 nitrogen and oxygen atoms in total. The van der Waals surface area contributed by atoms with Crippen LogP contribution in [-0.4, -0.2) is 42.1 Å². The Hall–Kier alpha value is -0.780. The second-order valence-electron chi connectivity index (χ2n) is 5.30. The van der Waals surface area contributed by atoms with E-state index in [9.17, 15) is 4.79 Å². The summed E-state index contributed by atoms with van der Waals surface area (Å²) in [6.07, 6.45) is 4.13. The van der Waals surface area contributed by atoms with Crippen LogP contribution in [0.15, 0.2) is 16.9 Å². The fourth-order valence-corrected chi connectivity index (χ4v) is 3.06. The van der Waals surface area contributed by atoms with Gasteiger partial charge in [-0.05, 0) is 37.8 Å². The summed E-state index contributed by atoms with van der Waals surface area (Å²) >= 11 is 0. The SMILES string of the molecule is Cl.Cl.O=C(Cc1ccon1)N1CC[C@@H]2CNC[C@@H]2CC1. The number of nitrogens with zero attached hydrogens (tertiary/aromatic N) is 2. The largest absolute Gasteiger partial charge is 0.364 e. The first kappa shape index (κ1) is 17.3. The van der Waals surface area contributed by atoms with E-state index >= 15 is 0 Å². The molecular weight excluding hydrogens is 301 g/mol. The zero-order valence-electron chi connectivity index (χ0n) is 11.3. The van der Waals surface area contributed by atoms with E-state index in [1.807, 2.05) is 4.90 Å². The maximum atomic E-state index is 12.2. The second-order valence-corrected chi connectivity index (χ2v) is 5.30. The van der Waals surface area contributed by atoms with Crippen molar-refractivity contribution in [3.8, 4) is 0 Å². The normalized spacial score (nSPS) is 25.1. The molecule has 20 heavy (non-hydrogen) atoms. The molecule has 2 aliphatic heterocycles. The maximum Gasteiger partial charge on any atom is 0.228 e. The van der Waals surface area contributed by atoms with Gasteiger partial charge in [0.15, 0.2) is 0 Å². The average molecular weight is 322 g/mol. The van der Waals surface area contributed by atoms with Crippen molar-refractivity contribution in [1.82, 2.24) is 15.4 Å². The fraction of sp³-hybridized carbons (Fsp3) is 0.692. The molecule has 1 N–H and O–H groups in total. The van der Waals surface area contributed by atoms with Crippen LogP contribution in [0, 0.1) is 11.8 Å². The van der Waals surface area contributed by atoms with Crippen LogP contribution in [0.5, 0.6) is 0 Å². The number of hydrogen-bond acceptors (Lipinski definition) is 4. The van der Waals surface area contributed by atoms with E-state index in [0.29, 0.717) is 6.42 Å². The molecule has 0 aromatic carbocycles. The smallest absolute Gasteiger partial charge is 0.228 e. The van der Waals surface area contributed by atoms with E-state index in [2.05, 4.69) is 10.5 Å². The van der Waals surface area contributed by atoms with Crippen LogP contribution >= 0.6 is 24.8 Å². The molecular formula is C13H21Cl2N3O2. The number of carbonyl (C=O) groups excluding carboxylic acids is 1. The monoisotopic (exact) mass is 321 g/mol. The van der Waals surface area contributed by atoms with Gasteiger partial charge in [0, 0.05) is 19.2 Å². The van der Waals surface area contributed by atoms with E-state index < -0.39 is 0 Å². The van der Waals surface area contributed by atoms with Crippen LogP contribution in [0.25, 0.3) is 0 Å². The number of amides is 1. The molecule has 1 amide bonds. The Morgan fingerprint density at radius 2 is 1.95 bits per heavy atom. The zero-order chi connectivity index (χ0) is 12.4. The van der Waals surface area contributed by atoms with E-state index in [4.69, 9.17) is 4.52 Å². The summed E-state index contributed by atoms with van der Waals surface area (Å²) in [6.45, 7) is 4.02. The maximum absolute atomic E-state index is 12.2. The van der Waals surface area contributed by atoms with Crippen molar-refractivity contribution >= 4 is 30.7 Å². The standard InChI is InChI=1S/C13H19N3O2.2ClH/c17-13(7-12-3-6-18-15-12)16-4-1-10-8-14-9-11(10)2-5-16;;/h3,6,10-11,14H,1-2,4-5,7-9H2;2*1H/t10-,11+;;. The van der Waals surface area contributed by atoms with Gasteiger partial charge in [-0.1, -0.05) is 5.16 Å². The van der Waals surface area contributed by atoms with E-state index in [-0.39, 0.29) is 30.7 Å². The van der Waals surface area contributed by atoms with Crippen molar-refractivity contribution in [2.75, 3.05) is 26.2 Å². The van der Waals surface area contributed by atoms with Crippen molar-refractivity contribution in [2.24, 2.45) is 11.8 Å². The molecule has 2 fully saturated rings. The number of hydrogen-bond donors (Lipinski definition) is 1. The summed E-state index contributed by atoms with van der Waals surface area (Å²) < 4.78 is 4.76. The van der Waals surface area contributed by atoms with Gasteiger partial charge in [-0.3, -0.25) is 4.79 Å².